The van der Waals surface area contributed by atoms with E-state index in [0.29, 0.717) is 12.2 Å². The highest BCUT2D eigenvalue weighted by Gasteiger charge is 2.12. The Morgan fingerprint density at radius 2 is 1.86 bits per heavy atom. The van der Waals surface area contributed by atoms with Gasteiger partial charge in [-0.05, 0) is 36.9 Å². The summed E-state index contributed by atoms with van der Waals surface area (Å²) in [6.07, 6.45) is 2.60. The molecule has 0 unspecified atom stereocenters. The van der Waals surface area contributed by atoms with Gasteiger partial charge in [-0.1, -0.05) is 18.7 Å². The van der Waals surface area contributed by atoms with E-state index in [-0.39, 0.29) is 5.97 Å². The Bertz CT molecular complexity index is 511. The first-order valence-corrected chi connectivity index (χ1v) is 8.04. The Kier molecular flexibility index (Phi) is 7.01. The Balaban J connectivity index is 2.52. The zero-order valence-corrected chi connectivity index (χ0v) is 15.3. The SMILES string of the molecule is C=C(C)C(=O)OCCCCc1ccc([SiH3])c(OC)c1OC. The summed E-state index contributed by atoms with van der Waals surface area (Å²) in [7, 11) is 4.25. The molecule has 0 N–H and O–H groups in total. The van der Waals surface area contributed by atoms with E-state index < -0.39 is 0 Å². The summed E-state index contributed by atoms with van der Waals surface area (Å²) in [5.74, 6) is 1.34. The van der Waals surface area contributed by atoms with E-state index in [0.717, 1.165) is 46.6 Å². The maximum atomic E-state index is 11.2. The third kappa shape index (κ3) is 4.93. The fourth-order valence-corrected chi connectivity index (χ4v) is 2.68. The topological polar surface area (TPSA) is 44.8 Å². The molecule has 1 aromatic carbocycles. The summed E-state index contributed by atoms with van der Waals surface area (Å²) < 4.78 is 16.0. The van der Waals surface area contributed by atoms with Crippen LogP contribution in [0.4, 0.5) is 0 Å². The number of carbonyl (C=O) groups excluding carboxylic acids is 1. The summed E-state index contributed by atoms with van der Waals surface area (Å²) in [5, 5.41) is 1.19. The molecule has 0 aliphatic carbocycles. The number of rotatable bonds is 8. The third-order valence-electron chi connectivity index (χ3n) is 3.22. The Hall–Kier alpha value is -1.75. The minimum absolute atomic E-state index is 0.324. The second-order valence-electron chi connectivity index (χ2n) is 4.98. The molecule has 0 spiro atoms. The summed E-state index contributed by atoms with van der Waals surface area (Å²) in [4.78, 5) is 11.2. The third-order valence-corrected chi connectivity index (χ3v) is 4.01. The Labute approximate surface area is 129 Å². The van der Waals surface area contributed by atoms with Crippen molar-refractivity contribution in [3.63, 3.8) is 0 Å². The molecule has 4 nitrogen and oxygen atoms in total. The fourth-order valence-electron chi connectivity index (χ4n) is 2.08. The van der Waals surface area contributed by atoms with Gasteiger partial charge in [0.05, 0.1) is 20.8 Å². The molecule has 0 aromatic heterocycles. The number of methoxy groups -OCH3 is 2. The second-order valence-corrected chi connectivity index (χ2v) is 6.06. The molecule has 116 valence electrons. The smallest absolute Gasteiger partial charge is 0.333 e. The van der Waals surface area contributed by atoms with Crippen LogP contribution in [0.15, 0.2) is 24.3 Å². The molecule has 0 radical (unpaired) electrons. The van der Waals surface area contributed by atoms with Gasteiger partial charge in [0.15, 0.2) is 11.5 Å². The number of carbonyl (C=O) groups is 1. The van der Waals surface area contributed by atoms with Gasteiger partial charge in [-0.3, -0.25) is 0 Å². The van der Waals surface area contributed by atoms with Crippen molar-refractivity contribution in [2.45, 2.75) is 26.2 Å². The molecule has 0 amide bonds. The first kappa shape index (κ1) is 17.3. The second kappa shape index (κ2) is 8.52. The lowest BCUT2D eigenvalue weighted by atomic mass is 10.1. The minimum Gasteiger partial charge on any atom is -0.493 e. The van der Waals surface area contributed by atoms with E-state index in [1.54, 1.807) is 21.1 Å². The summed E-state index contributed by atoms with van der Waals surface area (Å²) in [6, 6.07) is 4.17. The van der Waals surface area contributed by atoms with Crippen LogP contribution in [-0.2, 0) is 16.0 Å². The van der Waals surface area contributed by atoms with E-state index in [1.807, 2.05) is 0 Å². The quantitative estimate of drug-likeness (QED) is 0.313. The van der Waals surface area contributed by atoms with Crippen molar-refractivity contribution in [3.05, 3.63) is 29.8 Å². The number of unbranched alkanes of at least 4 members (excludes halogenated alkanes) is 1. The van der Waals surface area contributed by atoms with Crippen LogP contribution in [0, 0.1) is 0 Å². The highest BCUT2D eigenvalue weighted by molar-refractivity contribution is 6.34. The number of esters is 1. The van der Waals surface area contributed by atoms with Crippen molar-refractivity contribution < 1.29 is 19.0 Å². The van der Waals surface area contributed by atoms with Gasteiger partial charge < -0.3 is 14.2 Å². The standard InChI is InChI=1S/C16H24O4Si/c1-11(2)16(17)20-10-6-5-7-12-8-9-13(21)15(19-4)14(12)18-3/h8-9H,1,5-7,10H2,2-4,21H3. The monoisotopic (exact) mass is 308 g/mol. The Morgan fingerprint density at radius 3 is 2.43 bits per heavy atom. The van der Waals surface area contributed by atoms with E-state index in [4.69, 9.17) is 14.2 Å². The number of ether oxygens (including phenoxy) is 3. The molecule has 0 atom stereocenters. The average Bonchev–Trinajstić information content (AvgIpc) is 2.47. The van der Waals surface area contributed by atoms with Crippen LogP contribution >= 0.6 is 0 Å². The maximum absolute atomic E-state index is 11.2. The maximum Gasteiger partial charge on any atom is 0.333 e. The predicted octanol–water partition coefficient (Wildman–Crippen LogP) is 1.14. The van der Waals surface area contributed by atoms with Crippen LogP contribution in [0.5, 0.6) is 11.5 Å². The molecule has 0 saturated heterocycles. The molecule has 0 fully saturated rings. The molecule has 0 saturated carbocycles. The van der Waals surface area contributed by atoms with Crippen molar-refractivity contribution in [1.29, 1.82) is 0 Å². The van der Waals surface area contributed by atoms with Crippen molar-refractivity contribution in [3.8, 4) is 11.5 Å². The van der Waals surface area contributed by atoms with Crippen LogP contribution < -0.4 is 14.7 Å². The summed E-state index contributed by atoms with van der Waals surface area (Å²) in [5.41, 5.74) is 1.56. The summed E-state index contributed by atoms with van der Waals surface area (Å²) in [6.45, 7) is 5.62. The van der Waals surface area contributed by atoms with Gasteiger partial charge in [-0.15, -0.1) is 0 Å². The lowest BCUT2D eigenvalue weighted by molar-refractivity contribution is -0.139. The minimum atomic E-state index is -0.324. The van der Waals surface area contributed by atoms with Gasteiger partial charge in [0, 0.05) is 15.8 Å². The normalized spacial score (nSPS) is 10.2. The molecule has 0 aliphatic heterocycles. The van der Waals surface area contributed by atoms with Gasteiger partial charge in [-0.2, -0.15) is 0 Å². The molecule has 0 heterocycles. The number of benzene rings is 1. The first-order chi connectivity index (χ1) is 10.0. The molecule has 1 aromatic rings. The highest BCUT2D eigenvalue weighted by Crippen LogP contribution is 2.29. The largest absolute Gasteiger partial charge is 0.493 e. The van der Waals surface area contributed by atoms with Crippen molar-refractivity contribution in [2.24, 2.45) is 0 Å². The molecular formula is C16H24O4Si. The molecule has 0 bridgehead atoms. The average molecular weight is 308 g/mol. The number of hydrogen-bond acceptors (Lipinski definition) is 4. The molecular weight excluding hydrogens is 284 g/mol. The lowest BCUT2D eigenvalue weighted by Crippen LogP contribution is -2.10. The van der Waals surface area contributed by atoms with Gasteiger partial charge in [0.2, 0.25) is 0 Å². The van der Waals surface area contributed by atoms with Crippen molar-refractivity contribution in [2.75, 3.05) is 20.8 Å². The Morgan fingerprint density at radius 1 is 1.19 bits per heavy atom. The highest BCUT2D eigenvalue weighted by atomic mass is 28.1. The first-order valence-electron chi connectivity index (χ1n) is 7.04. The van der Waals surface area contributed by atoms with Crippen LogP contribution in [0.3, 0.4) is 0 Å². The van der Waals surface area contributed by atoms with E-state index >= 15 is 0 Å². The number of hydrogen-bond donors (Lipinski definition) is 0. The van der Waals surface area contributed by atoms with Gasteiger partial charge in [-0.25, -0.2) is 4.79 Å². The van der Waals surface area contributed by atoms with Gasteiger partial charge in [0.1, 0.15) is 0 Å². The van der Waals surface area contributed by atoms with Crippen LogP contribution in [0.2, 0.25) is 0 Å². The lowest BCUT2D eigenvalue weighted by Gasteiger charge is -2.15. The van der Waals surface area contributed by atoms with Crippen molar-refractivity contribution >= 4 is 21.4 Å². The van der Waals surface area contributed by atoms with Gasteiger partial charge >= 0.3 is 5.97 Å². The van der Waals surface area contributed by atoms with Crippen LogP contribution in [0.25, 0.3) is 0 Å². The van der Waals surface area contributed by atoms with E-state index in [9.17, 15) is 4.79 Å². The predicted molar refractivity (Wildman–Crippen MR) is 87.8 cm³/mol. The van der Waals surface area contributed by atoms with E-state index in [2.05, 4.69) is 18.7 Å². The van der Waals surface area contributed by atoms with E-state index in [1.165, 1.54) is 5.19 Å². The molecule has 5 heteroatoms. The van der Waals surface area contributed by atoms with Crippen molar-refractivity contribution in [1.82, 2.24) is 0 Å². The molecule has 21 heavy (non-hydrogen) atoms. The molecule has 0 aliphatic rings. The molecule has 1 rings (SSSR count). The number of aryl methyl sites for hydroxylation is 1. The summed E-state index contributed by atoms with van der Waals surface area (Å²) >= 11 is 0. The van der Waals surface area contributed by atoms with Crippen LogP contribution in [0.1, 0.15) is 25.3 Å². The van der Waals surface area contributed by atoms with Crippen LogP contribution in [-0.4, -0.2) is 37.0 Å². The zero-order valence-electron chi connectivity index (χ0n) is 13.3. The fraction of sp³-hybridized carbons (Fsp3) is 0.438. The zero-order chi connectivity index (χ0) is 15.8. The van der Waals surface area contributed by atoms with Gasteiger partial charge in [0.25, 0.3) is 0 Å².